The van der Waals surface area contributed by atoms with E-state index < -0.39 is 0 Å². The van der Waals surface area contributed by atoms with Crippen LogP contribution in [-0.4, -0.2) is 29.0 Å². The Hall–Kier alpha value is -2.79. The Morgan fingerprint density at radius 3 is 2.71 bits per heavy atom. The quantitative estimate of drug-likeness (QED) is 0.779. The van der Waals surface area contributed by atoms with Crippen molar-refractivity contribution in [2.24, 2.45) is 0 Å². The van der Waals surface area contributed by atoms with E-state index in [0.29, 0.717) is 6.61 Å². The van der Waals surface area contributed by atoms with E-state index in [0.717, 1.165) is 30.3 Å². The molecule has 0 fully saturated rings. The van der Waals surface area contributed by atoms with Crippen molar-refractivity contribution in [2.45, 2.75) is 12.6 Å². The molecule has 0 aliphatic carbocycles. The summed E-state index contributed by atoms with van der Waals surface area (Å²) < 4.78 is 13.6. The summed E-state index contributed by atoms with van der Waals surface area (Å²) in [4.78, 5) is 0. The van der Waals surface area contributed by atoms with E-state index in [1.54, 1.807) is 0 Å². The summed E-state index contributed by atoms with van der Waals surface area (Å²) in [6.07, 6.45) is 4.06. The summed E-state index contributed by atoms with van der Waals surface area (Å²) in [6, 6.07) is 17.9. The Morgan fingerprint density at radius 1 is 1.04 bits per heavy atom. The molecule has 2 N–H and O–H groups in total. The number of rotatable bonds is 5. The van der Waals surface area contributed by atoms with Crippen LogP contribution in [0.4, 0.5) is 0 Å². The smallest absolute Gasteiger partial charge is 0.181 e. The van der Waals surface area contributed by atoms with Crippen LogP contribution in [0.3, 0.4) is 0 Å². The van der Waals surface area contributed by atoms with Gasteiger partial charge in [0.2, 0.25) is 0 Å². The Morgan fingerprint density at radius 2 is 1.83 bits per heavy atom. The zero-order valence-corrected chi connectivity index (χ0v) is 13.3. The first kappa shape index (κ1) is 14.8. The monoisotopic (exact) mass is 322 g/mol. The van der Waals surface area contributed by atoms with E-state index in [1.165, 1.54) is 5.56 Å². The molecule has 5 nitrogen and oxygen atoms in total. The molecule has 1 aromatic heterocycles. The van der Waals surface area contributed by atoms with Crippen LogP contribution in [0.15, 0.2) is 67.0 Å². The lowest BCUT2D eigenvalue weighted by Crippen LogP contribution is -2.85. The predicted molar refractivity (Wildman–Crippen MR) is 90.4 cm³/mol. The number of benzene rings is 2. The number of ether oxygens (including phenoxy) is 2. The van der Waals surface area contributed by atoms with Crippen LogP contribution < -0.4 is 14.8 Å². The van der Waals surface area contributed by atoms with Gasteiger partial charge < -0.3 is 14.8 Å². The van der Waals surface area contributed by atoms with Gasteiger partial charge >= 0.3 is 0 Å². The van der Waals surface area contributed by atoms with Gasteiger partial charge in [-0.3, -0.25) is 0 Å². The van der Waals surface area contributed by atoms with Gasteiger partial charge in [0.1, 0.15) is 19.7 Å². The molecule has 24 heavy (non-hydrogen) atoms. The average molecular weight is 322 g/mol. The third-order valence-electron chi connectivity index (χ3n) is 4.03. The fourth-order valence-electron chi connectivity index (χ4n) is 2.80. The van der Waals surface area contributed by atoms with Crippen molar-refractivity contribution in [1.82, 2.24) is 9.78 Å². The van der Waals surface area contributed by atoms with Crippen molar-refractivity contribution in [3.8, 4) is 17.2 Å². The molecule has 0 unspecified atom stereocenters. The molecule has 3 aromatic rings. The normalized spacial score (nSPS) is 16.1. The Balaban J connectivity index is 1.30. The van der Waals surface area contributed by atoms with E-state index in [1.807, 2.05) is 65.5 Å². The van der Waals surface area contributed by atoms with Gasteiger partial charge in [-0.1, -0.05) is 30.3 Å². The summed E-state index contributed by atoms with van der Waals surface area (Å²) in [5, 5.41) is 6.65. The first-order valence-electron chi connectivity index (χ1n) is 8.17. The second-order valence-electron chi connectivity index (χ2n) is 5.85. The fraction of sp³-hybridized carbons (Fsp3) is 0.211. The molecule has 0 bridgehead atoms. The zero-order chi connectivity index (χ0) is 16.2. The molecule has 0 radical (unpaired) electrons. The molecular formula is C19H20N3O2+. The van der Waals surface area contributed by atoms with Gasteiger partial charge in [0.05, 0.1) is 11.9 Å². The number of hydrogen-bond acceptors (Lipinski definition) is 3. The number of hydrogen-bond donors (Lipinski definition) is 1. The number of nitrogens with zero attached hydrogens (tertiary/aromatic N) is 2. The van der Waals surface area contributed by atoms with E-state index in [9.17, 15) is 0 Å². The Labute approximate surface area is 140 Å². The van der Waals surface area contributed by atoms with E-state index in [2.05, 4.69) is 16.6 Å². The first-order valence-corrected chi connectivity index (χ1v) is 8.17. The lowest BCUT2D eigenvalue weighted by molar-refractivity contribution is -0.676. The van der Waals surface area contributed by atoms with Crippen molar-refractivity contribution in [3.63, 3.8) is 0 Å². The van der Waals surface area contributed by atoms with E-state index in [4.69, 9.17) is 9.47 Å². The first-order chi connectivity index (χ1) is 11.9. The number of quaternary nitrogens is 1. The van der Waals surface area contributed by atoms with Crippen molar-refractivity contribution in [1.29, 1.82) is 0 Å². The van der Waals surface area contributed by atoms with Gasteiger partial charge in [-0.05, 0) is 24.3 Å². The Kier molecular flexibility index (Phi) is 4.16. The van der Waals surface area contributed by atoms with Gasteiger partial charge in [0.25, 0.3) is 0 Å². The summed E-state index contributed by atoms with van der Waals surface area (Å²) in [7, 11) is 0. The van der Waals surface area contributed by atoms with Gasteiger partial charge in [-0.25, -0.2) is 4.68 Å². The zero-order valence-electron chi connectivity index (χ0n) is 13.3. The van der Waals surface area contributed by atoms with Gasteiger partial charge in [0, 0.05) is 11.8 Å². The highest BCUT2D eigenvalue weighted by Gasteiger charge is 2.21. The van der Waals surface area contributed by atoms with Crippen molar-refractivity contribution in [3.05, 3.63) is 72.6 Å². The van der Waals surface area contributed by atoms with Crippen LogP contribution in [0.1, 0.15) is 5.56 Å². The van der Waals surface area contributed by atoms with Gasteiger partial charge in [-0.15, -0.1) is 0 Å². The summed E-state index contributed by atoms with van der Waals surface area (Å²) in [5.74, 6) is 1.66. The minimum absolute atomic E-state index is 0.0732. The minimum atomic E-state index is 0.0732. The third kappa shape index (κ3) is 3.26. The molecule has 0 saturated carbocycles. The van der Waals surface area contributed by atoms with E-state index >= 15 is 0 Å². The third-order valence-corrected chi connectivity index (χ3v) is 4.03. The summed E-state index contributed by atoms with van der Waals surface area (Å²) >= 11 is 0. The summed E-state index contributed by atoms with van der Waals surface area (Å²) in [6.45, 7) is 2.32. The second kappa shape index (κ2) is 6.76. The highest BCUT2D eigenvalue weighted by Crippen LogP contribution is 2.30. The molecule has 1 atom stereocenters. The average Bonchev–Trinajstić information content (AvgIpc) is 3.11. The van der Waals surface area contributed by atoms with Crippen LogP contribution in [0, 0.1) is 0 Å². The maximum atomic E-state index is 5.97. The molecule has 2 aromatic carbocycles. The highest BCUT2D eigenvalue weighted by atomic mass is 16.6. The number of aromatic nitrogens is 2. The van der Waals surface area contributed by atoms with Crippen LogP contribution in [0.5, 0.6) is 11.5 Å². The SMILES string of the molecule is c1ccc(-n2cc(C[NH2+]C[C@H]3COc4ccccc4O3)cn2)cc1. The molecule has 4 rings (SSSR count). The maximum absolute atomic E-state index is 5.97. The number of fused-ring (bicyclic) bond motifs is 1. The molecule has 1 aliphatic rings. The van der Waals surface area contributed by atoms with Crippen molar-refractivity contribution in [2.75, 3.05) is 13.2 Å². The molecule has 5 heteroatoms. The number of para-hydroxylation sites is 3. The van der Waals surface area contributed by atoms with Crippen LogP contribution in [0.2, 0.25) is 0 Å². The van der Waals surface area contributed by atoms with Crippen LogP contribution >= 0.6 is 0 Å². The Bertz CT molecular complexity index is 801. The van der Waals surface area contributed by atoms with Gasteiger partial charge in [-0.2, -0.15) is 5.10 Å². The molecule has 0 amide bonds. The molecule has 1 aliphatic heterocycles. The van der Waals surface area contributed by atoms with Crippen molar-refractivity contribution >= 4 is 0 Å². The number of nitrogens with two attached hydrogens (primary N) is 1. The maximum Gasteiger partial charge on any atom is 0.181 e. The largest absolute Gasteiger partial charge is 0.486 e. The molecule has 0 saturated heterocycles. The second-order valence-corrected chi connectivity index (χ2v) is 5.85. The predicted octanol–water partition coefficient (Wildman–Crippen LogP) is 1.78. The fourth-order valence-corrected chi connectivity index (χ4v) is 2.80. The molecular weight excluding hydrogens is 302 g/mol. The lowest BCUT2D eigenvalue weighted by atomic mass is 10.2. The lowest BCUT2D eigenvalue weighted by Gasteiger charge is -2.25. The van der Waals surface area contributed by atoms with Crippen LogP contribution in [-0.2, 0) is 6.54 Å². The van der Waals surface area contributed by atoms with Gasteiger partial charge in [0.15, 0.2) is 17.6 Å². The molecule has 122 valence electrons. The topological polar surface area (TPSA) is 52.9 Å². The van der Waals surface area contributed by atoms with E-state index in [-0.39, 0.29) is 6.10 Å². The van der Waals surface area contributed by atoms with Crippen molar-refractivity contribution < 1.29 is 14.8 Å². The standard InChI is InChI=1S/C19H19N3O2/c1-2-6-16(7-3-1)22-13-15(11-21-22)10-20-12-17-14-23-18-8-4-5-9-19(18)24-17/h1-9,11,13,17,20H,10,12,14H2/p+1/t17-/m0/s1. The van der Waals surface area contributed by atoms with Crippen LogP contribution in [0.25, 0.3) is 5.69 Å². The molecule has 2 heterocycles. The molecule has 0 spiro atoms. The minimum Gasteiger partial charge on any atom is -0.486 e. The summed E-state index contributed by atoms with van der Waals surface area (Å²) in [5.41, 5.74) is 2.26. The highest BCUT2D eigenvalue weighted by molar-refractivity contribution is 5.40.